The van der Waals surface area contributed by atoms with E-state index in [1.165, 1.54) is 11.0 Å². The average molecular weight is 322 g/mol. The highest BCUT2D eigenvalue weighted by atomic mass is 16.2. The molecule has 2 amide bonds. The van der Waals surface area contributed by atoms with Crippen LogP contribution in [0.15, 0.2) is 54.6 Å². The summed E-state index contributed by atoms with van der Waals surface area (Å²) >= 11 is 0. The van der Waals surface area contributed by atoms with Crippen molar-refractivity contribution in [2.45, 2.75) is 13.5 Å². The van der Waals surface area contributed by atoms with Gasteiger partial charge in [-0.3, -0.25) is 9.59 Å². The summed E-state index contributed by atoms with van der Waals surface area (Å²) in [6, 6.07) is 15.2. The molecule has 24 heavy (non-hydrogen) atoms. The molecule has 0 atom stereocenters. The van der Waals surface area contributed by atoms with E-state index in [4.69, 9.17) is 0 Å². The van der Waals surface area contributed by atoms with Crippen LogP contribution in [0.1, 0.15) is 27.0 Å². The molecule has 2 rings (SSSR count). The molecule has 0 unspecified atom stereocenters. The molecule has 0 heterocycles. The number of benzene rings is 2. The van der Waals surface area contributed by atoms with Gasteiger partial charge in [0, 0.05) is 32.3 Å². The van der Waals surface area contributed by atoms with Crippen LogP contribution in [-0.2, 0) is 11.3 Å². The number of rotatable bonds is 5. The normalized spacial score (nSPS) is 10.6. The van der Waals surface area contributed by atoms with Crippen LogP contribution < -0.4 is 5.32 Å². The highest BCUT2D eigenvalue weighted by molar-refractivity contribution is 5.94. The zero-order valence-electron chi connectivity index (χ0n) is 14.2. The largest absolute Gasteiger partial charge is 0.348 e. The first-order chi connectivity index (χ1) is 11.5. The lowest BCUT2D eigenvalue weighted by atomic mass is 10.1. The van der Waals surface area contributed by atoms with Crippen LogP contribution in [0.2, 0.25) is 0 Å². The molecular weight excluding hydrogens is 300 g/mol. The predicted octanol–water partition coefficient (Wildman–Crippen LogP) is 3.03. The lowest BCUT2D eigenvalue weighted by Gasteiger charge is -2.10. The molecule has 0 spiro atoms. The number of carbonyl (C=O) groups excluding carboxylic acids is 2. The Labute approximate surface area is 142 Å². The number of amides is 2. The Morgan fingerprint density at radius 1 is 1.08 bits per heavy atom. The molecule has 2 aromatic rings. The van der Waals surface area contributed by atoms with E-state index in [1.807, 2.05) is 43.3 Å². The molecule has 4 heteroatoms. The highest BCUT2D eigenvalue weighted by Gasteiger charge is 2.07. The van der Waals surface area contributed by atoms with Crippen LogP contribution in [0, 0.1) is 6.92 Å². The van der Waals surface area contributed by atoms with Gasteiger partial charge in [-0.15, -0.1) is 0 Å². The molecule has 4 nitrogen and oxygen atoms in total. The van der Waals surface area contributed by atoms with E-state index in [0.29, 0.717) is 12.1 Å². The third kappa shape index (κ3) is 5.09. The summed E-state index contributed by atoms with van der Waals surface area (Å²) in [6.07, 6.45) is 3.32. The van der Waals surface area contributed by atoms with Crippen LogP contribution >= 0.6 is 0 Å². The number of hydrogen-bond acceptors (Lipinski definition) is 2. The molecule has 0 saturated carbocycles. The fourth-order valence-corrected chi connectivity index (χ4v) is 2.22. The van der Waals surface area contributed by atoms with Crippen LogP contribution in [0.4, 0.5) is 0 Å². The van der Waals surface area contributed by atoms with Gasteiger partial charge in [0.25, 0.3) is 5.91 Å². The van der Waals surface area contributed by atoms with Crippen LogP contribution in [0.3, 0.4) is 0 Å². The Balaban J connectivity index is 1.88. The van der Waals surface area contributed by atoms with E-state index in [0.717, 1.165) is 16.7 Å². The van der Waals surface area contributed by atoms with Gasteiger partial charge in [-0.2, -0.15) is 0 Å². The number of carbonyl (C=O) groups is 2. The zero-order chi connectivity index (χ0) is 17.5. The predicted molar refractivity (Wildman–Crippen MR) is 96.5 cm³/mol. The summed E-state index contributed by atoms with van der Waals surface area (Å²) < 4.78 is 0. The Hall–Kier alpha value is -2.88. The Morgan fingerprint density at radius 2 is 1.79 bits per heavy atom. The monoisotopic (exact) mass is 322 g/mol. The van der Waals surface area contributed by atoms with E-state index in [9.17, 15) is 9.59 Å². The number of aryl methyl sites for hydroxylation is 1. The van der Waals surface area contributed by atoms with Gasteiger partial charge in [-0.05, 0) is 36.3 Å². The molecular formula is C20H22N2O2. The van der Waals surface area contributed by atoms with Crippen molar-refractivity contribution < 1.29 is 9.59 Å². The van der Waals surface area contributed by atoms with Gasteiger partial charge in [0.1, 0.15) is 0 Å². The van der Waals surface area contributed by atoms with Crippen molar-refractivity contribution in [3.63, 3.8) is 0 Å². The first kappa shape index (κ1) is 17.5. The van der Waals surface area contributed by atoms with Gasteiger partial charge in [-0.1, -0.05) is 42.0 Å². The highest BCUT2D eigenvalue weighted by Crippen LogP contribution is 2.07. The first-order valence-electron chi connectivity index (χ1n) is 7.79. The van der Waals surface area contributed by atoms with E-state index >= 15 is 0 Å². The number of hydrogen-bond donors (Lipinski definition) is 1. The minimum Gasteiger partial charge on any atom is -0.348 e. The maximum absolute atomic E-state index is 11.9. The minimum atomic E-state index is -0.148. The average Bonchev–Trinajstić information content (AvgIpc) is 2.58. The standard InChI is InChI=1S/C20H22N2O2/c1-15-5-4-6-16(13-15)9-12-19(23)21-14-17-7-10-18(11-8-17)20(24)22(2)3/h4-13H,14H2,1-3H3,(H,21,23)/b12-9+. The van der Waals surface area contributed by atoms with Crippen LogP contribution in [0.5, 0.6) is 0 Å². The van der Waals surface area contributed by atoms with Gasteiger partial charge in [0.15, 0.2) is 0 Å². The molecule has 0 saturated heterocycles. The van der Waals surface area contributed by atoms with Crippen molar-refractivity contribution in [3.8, 4) is 0 Å². The van der Waals surface area contributed by atoms with Gasteiger partial charge in [0.2, 0.25) is 5.91 Å². The summed E-state index contributed by atoms with van der Waals surface area (Å²) in [6.45, 7) is 2.44. The fourth-order valence-electron chi connectivity index (χ4n) is 2.22. The molecule has 0 aliphatic rings. The third-order valence-corrected chi connectivity index (χ3v) is 3.54. The van der Waals surface area contributed by atoms with Crippen molar-refractivity contribution in [3.05, 3.63) is 76.9 Å². The molecule has 0 aliphatic heterocycles. The van der Waals surface area contributed by atoms with Crippen molar-refractivity contribution in [2.24, 2.45) is 0 Å². The second-order valence-corrected chi connectivity index (χ2v) is 5.86. The lowest BCUT2D eigenvalue weighted by Crippen LogP contribution is -2.22. The number of nitrogens with one attached hydrogen (secondary N) is 1. The number of nitrogens with zero attached hydrogens (tertiary/aromatic N) is 1. The maximum Gasteiger partial charge on any atom is 0.253 e. The van der Waals surface area contributed by atoms with Gasteiger partial charge in [-0.25, -0.2) is 0 Å². The van der Waals surface area contributed by atoms with Crippen molar-refractivity contribution in [1.29, 1.82) is 0 Å². The van der Waals surface area contributed by atoms with Gasteiger partial charge < -0.3 is 10.2 Å². The quantitative estimate of drug-likeness (QED) is 0.860. The molecule has 0 fully saturated rings. The SMILES string of the molecule is Cc1cccc(/C=C/C(=O)NCc2ccc(C(=O)N(C)C)cc2)c1. The summed E-state index contributed by atoms with van der Waals surface area (Å²) in [5, 5.41) is 2.83. The third-order valence-electron chi connectivity index (χ3n) is 3.54. The molecule has 1 N–H and O–H groups in total. The van der Waals surface area contributed by atoms with E-state index in [-0.39, 0.29) is 11.8 Å². The van der Waals surface area contributed by atoms with Crippen molar-refractivity contribution in [2.75, 3.05) is 14.1 Å². The molecule has 124 valence electrons. The smallest absolute Gasteiger partial charge is 0.253 e. The van der Waals surface area contributed by atoms with E-state index in [1.54, 1.807) is 32.3 Å². The molecule has 0 aromatic heterocycles. The summed E-state index contributed by atoms with van der Waals surface area (Å²) in [5.74, 6) is -0.184. The Bertz CT molecular complexity index is 746. The molecule has 0 bridgehead atoms. The Kier molecular flexibility index (Phi) is 5.90. The molecule has 0 aliphatic carbocycles. The van der Waals surface area contributed by atoms with Gasteiger partial charge in [0.05, 0.1) is 0 Å². The lowest BCUT2D eigenvalue weighted by molar-refractivity contribution is -0.116. The summed E-state index contributed by atoms with van der Waals surface area (Å²) in [7, 11) is 3.44. The summed E-state index contributed by atoms with van der Waals surface area (Å²) in [5.41, 5.74) is 3.73. The zero-order valence-corrected chi connectivity index (χ0v) is 14.2. The van der Waals surface area contributed by atoms with Crippen LogP contribution in [0.25, 0.3) is 6.08 Å². The second-order valence-electron chi connectivity index (χ2n) is 5.86. The van der Waals surface area contributed by atoms with Gasteiger partial charge >= 0.3 is 0 Å². The fraction of sp³-hybridized carbons (Fsp3) is 0.200. The van der Waals surface area contributed by atoms with Crippen molar-refractivity contribution >= 4 is 17.9 Å². The summed E-state index contributed by atoms with van der Waals surface area (Å²) in [4.78, 5) is 25.2. The topological polar surface area (TPSA) is 49.4 Å². The second kappa shape index (κ2) is 8.11. The van der Waals surface area contributed by atoms with E-state index in [2.05, 4.69) is 5.32 Å². The van der Waals surface area contributed by atoms with Crippen LogP contribution in [-0.4, -0.2) is 30.8 Å². The molecule has 0 radical (unpaired) electrons. The van der Waals surface area contributed by atoms with E-state index < -0.39 is 0 Å². The minimum absolute atomic E-state index is 0.0355. The maximum atomic E-state index is 11.9. The first-order valence-corrected chi connectivity index (χ1v) is 7.79. The van der Waals surface area contributed by atoms with Crippen molar-refractivity contribution in [1.82, 2.24) is 10.2 Å². The Morgan fingerprint density at radius 3 is 2.42 bits per heavy atom. The molecule has 2 aromatic carbocycles.